The Bertz CT molecular complexity index is 1310. The molecular formula is C21H20F3N7O2S. The van der Waals surface area contributed by atoms with Gasteiger partial charge in [0.05, 0.1) is 11.0 Å². The van der Waals surface area contributed by atoms with Crippen molar-refractivity contribution in [1.82, 2.24) is 30.0 Å². The Labute approximate surface area is 195 Å². The van der Waals surface area contributed by atoms with E-state index in [0.29, 0.717) is 52.9 Å². The van der Waals surface area contributed by atoms with Crippen molar-refractivity contribution in [2.45, 2.75) is 32.5 Å². The maximum absolute atomic E-state index is 13.5. The van der Waals surface area contributed by atoms with Gasteiger partial charge in [0.25, 0.3) is 0 Å². The zero-order chi connectivity index (χ0) is 24.0. The lowest BCUT2D eigenvalue weighted by Crippen LogP contribution is -2.54. The number of aromatic nitrogens is 5. The maximum Gasteiger partial charge on any atom is 0.443 e. The summed E-state index contributed by atoms with van der Waals surface area (Å²) in [5, 5.41) is 7.03. The highest BCUT2D eigenvalue weighted by Crippen LogP contribution is 2.42. The number of imidazole rings is 1. The van der Waals surface area contributed by atoms with Gasteiger partial charge in [-0.05, 0) is 19.1 Å². The first-order chi connectivity index (χ1) is 16.2. The molecule has 1 saturated heterocycles. The lowest BCUT2D eigenvalue weighted by atomic mass is 10.1. The lowest BCUT2D eigenvalue weighted by Gasteiger charge is -2.40. The standard InChI is InChI=1S/C21H20F3N7O2S/c1-11-10-30(7-8-31(11)16(32)9-15-29-28-12(2)33-15)19-17(27-20(34-19)21(22,23)24)18-25-13-5-3-4-6-14(13)26-18/h3-6,11H,7-10H2,1-2H3,(H,25,26). The quantitative estimate of drug-likeness (QED) is 0.464. The van der Waals surface area contributed by atoms with Crippen LogP contribution >= 0.6 is 11.3 Å². The second-order valence-corrected chi connectivity index (χ2v) is 9.02. The number of carbonyl (C=O) groups excluding carboxylic acids is 1. The van der Waals surface area contributed by atoms with E-state index >= 15 is 0 Å². The summed E-state index contributed by atoms with van der Waals surface area (Å²) in [7, 11) is 0. The maximum atomic E-state index is 13.5. The number of benzene rings is 1. The molecule has 4 aromatic rings. The number of thiazole rings is 1. The SMILES string of the molecule is Cc1nnc(CC(=O)N2CCN(c3sc(C(F)(F)F)nc3-c3nc4ccccc4[nH]3)CC2C)o1. The molecule has 3 aromatic heterocycles. The van der Waals surface area contributed by atoms with Gasteiger partial charge in [-0.2, -0.15) is 13.2 Å². The first-order valence-corrected chi connectivity index (χ1v) is 11.4. The van der Waals surface area contributed by atoms with Gasteiger partial charge in [0, 0.05) is 32.6 Å². The molecule has 1 unspecified atom stereocenters. The number of amides is 1. The number of para-hydroxylation sites is 2. The van der Waals surface area contributed by atoms with Gasteiger partial charge < -0.3 is 19.2 Å². The molecule has 1 aromatic carbocycles. The van der Waals surface area contributed by atoms with E-state index in [-0.39, 0.29) is 35.8 Å². The second-order valence-electron chi connectivity index (χ2n) is 8.05. The van der Waals surface area contributed by atoms with E-state index in [4.69, 9.17) is 4.42 Å². The number of rotatable bonds is 4. The summed E-state index contributed by atoms with van der Waals surface area (Å²) in [6, 6.07) is 6.97. The van der Waals surface area contributed by atoms with Crippen LogP contribution in [0.2, 0.25) is 0 Å². The Morgan fingerprint density at radius 1 is 1.24 bits per heavy atom. The molecular weight excluding hydrogens is 471 g/mol. The second kappa shape index (κ2) is 8.38. The van der Waals surface area contributed by atoms with Gasteiger partial charge in [0.1, 0.15) is 17.1 Å². The van der Waals surface area contributed by atoms with Crippen LogP contribution in [-0.4, -0.2) is 61.6 Å². The van der Waals surface area contributed by atoms with E-state index in [0.717, 1.165) is 0 Å². The minimum Gasteiger partial charge on any atom is -0.425 e. The lowest BCUT2D eigenvalue weighted by molar-refractivity contribution is -0.137. The highest BCUT2D eigenvalue weighted by molar-refractivity contribution is 7.16. The largest absolute Gasteiger partial charge is 0.443 e. The third-order valence-corrected chi connectivity index (χ3v) is 6.73. The normalized spacial score (nSPS) is 17.0. The van der Waals surface area contributed by atoms with Crippen molar-refractivity contribution >= 4 is 33.3 Å². The van der Waals surface area contributed by atoms with Gasteiger partial charge in [-0.25, -0.2) is 9.97 Å². The number of halogens is 3. The topological polar surface area (TPSA) is 104 Å². The molecule has 1 aliphatic heterocycles. The Morgan fingerprint density at radius 2 is 2.03 bits per heavy atom. The number of nitrogens with zero attached hydrogens (tertiary/aromatic N) is 6. The molecule has 0 saturated carbocycles. The Hall–Kier alpha value is -3.48. The predicted molar refractivity (Wildman–Crippen MR) is 118 cm³/mol. The monoisotopic (exact) mass is 491 g/mol. The van der Waals surface area contributed by atoms with Crippen molar-refractivity contribution in [2.75, 3.05) is 24.5 Å². The van der Waals surface area contributed by atoms with Crippen LogP contribution in [0.3, 0.4) is 0 Å². The number of aryl methyl sites for hydroxylation is 1. The van der Waals surface area contributed by atoms with Gasteiger partial charge in [0.15, 0.2) is 5.82 Å². The number of piperazine rings is 1. The van der Waals surface area contributed by atoms with Crippen LogP contribution in [0.1, 0.15) is 23.7 Å². The third-order valence-electron chi connectivity index (χ3n) is 5.57. The van der Waals surface area contributed by atoms with Gasteiger partial charge in [-0.3, -0.25) is 4.79 Å². The number of carbonyl (C=O) groups is 1. The van der Waals surface area contributed by atoms with Crippen LogP contribution in [0.25, 0.3) is 22.6 Å². The first kappa shape index (κ1) is 22.3. The summed E-state index contributed by atoms with van der Waals surface area (Å²) in [5.41, 5.74) is 1.51. The molecule has 178 valence electrons. The highest BCUT2D eigenvalue weighted by atomic mass is 32.1. The summed E-state index contributed by atoms with van der Waals surface area (Å²) in [6.07, 6.45) is -4.59. The molecule has 1 aliphatic rings. The number of hydrogen-bond acceptors (Lipinski definition) is 8. The van der Waals surface area contributed by atoms with Crippen LogP contribution in [0, 0.1) is 6.92 Å². The number of aromatic amines is 1. The van der Waals surface area contributed by atoms with E-state index in [2.05, 4.69) is 25.1 Å². The van der Waals surface area contributed by atoms with Crippen molar-refractivity contribution in [3.05, 3.63) is 41.1 Å². The smallest absolute Gasteiger partial charge is 0.425 e. The van der Waals surface area contributed by atoms with Crippen molar-refractivity contribution in [2.24, 2.45) is 0 Å². The first-order valence-electron chi connectivity index (χ1n) is 10.6. The summed E-state index contributed by atoms with van der Waals surface area (Å²) in [5.74, 6) is 0.723. The van der Waals surface area contributed by atoms with E-state index in [1.54, 1.807) is 24.0 Å². The van der Waals surface area contributed by atoms with E-state index in [9.17, 15) is 18.0 Å². The zero-order valence-corrected chi connectivity index (χ0v) is 19.1. The fourth-order valence-corrected chi connectivity index (χ4v) is 4.99. The van der Waals surface area contributed by atoms with Crippen molar-refractivity contribution in [3.63, 3.8) is 0 Å². The molecule has 1 N–H and O–H groups in total. The highest BCUT2D eigenvalue weighted by Gasteiger charge is 2.39. The molecule has 1 amide bonds. The average molecular weight is 491 g/mol. The molecule has 1 fully saturated rings. The summed E-state index contributed by atoms with van der Waals surface area (Å²) in [6.45, 7) is 4.54. The molecule has 0 spiro atoms. The zero-order valence-electron chi connectivity index (χ0n) is 18.3. The fourth-order valence-electron chi connectivity index (χ4n) is 4.02. The number of anilines is 1. The molecule has 0 aliphatic carbocycles. The number of nitrogens with one attached hydrogen (secondary N) is 1. The van der Waals surface area contributed by atoms with Crippen LogP contribution < -0.4 is 4.90 Å². The number of fused-ring (bicyclic) bond motifs is 1. The third kappa shape index (κ3) is 4.22. The molecule has 0 bridgehead atoms. The predicted octanol–water partition coefficient (Wildman–Crippen LogP) is 3.68. The van der Waals surface area contributed by atoms with Crippen molar-refractivity contribution in [3.8, 4) is 11.5 Å². The Kier molecular flexibility index (Phi) is 5.50. The molecule has 0 radical (unpaired) electrons. The molecule has 13 heteroatoms. The van der Waals surface area contributed by atoms with Crippen molar-refractivity contribution in [1.29, 1.82) is 0 Å². The molecule has 5 rings (SSSR count). The van der Waals surface area contributed by atoms with E-state index in [1.165, 1.54) is 0 Å². The van der Waals surface area contributed by atoms with Gasteiger partial charge in [-0.1, -0.05) is 23.5 Å². The number of hydrogen-bond donors (Lipinski definition) is 1. The van der Waals surface area contributed by atoms with Gasteiger partial charge >= 0.3 is 6.18 Å². The summed E-state index contributed by atoms with van der Waals surface area (Å²) >= 11 is 0.588. The van der Waals surface area contributed by atoms with Gasteiger partial charge in [0.2, 0.25) is 22.7 Å². The molecule has 1 atom stereocenters. The minimum atomic E-state index is -4.57. The fraction of sp³-hybridized carbons (Fsp3) is 0.381. The van der Waals surface area contributed by atoms with Crippen molar-refractivity contribution < 1.29 is 22.4 Å². The minimum absolute atomic E-state index is 0.0196. The Morgan fingerprint density at radius 3 is 2.71 bits per heavy atom. The van der Waals surface area contributed by atoms with Crippen LogP contribution in [-0.2, 0) is 17.4 Å². The van der Waals surface area contributed by atoms with Crippen LogP contribution in [0.15, 0.2) is 28.7 Å². The average Bonchev–Trinajstić information content (AvgIpc) is 3.50. The molecule has 9 nitrogen and oxygen atoms in total. The van der Waals surface area contributed by atoms with E-state index in [1.807, 2.05) is 24.0 Å². The number of alkyl halides is 3. The number of H-pyrrole nitrogens is 1. The molecule has 4 heterocycles. The molecule has 34 heavy (non-hydrogen) atoms. The summed E-state index contributed by atoms with van der Waals surface area (Å²) in [4.78, 5) is 27.7. The van der Waals surface area contributed by atoms with Gasteiger partial charge in [-0.15, -0.1) is 10.2 Å². The Balaban J connectivity index is 1.41. The van der Waals surface area contributed by atoms with Crippen LogP contribution in [0.4, 0.5) is 18.2 Å². The van der Waals surface area contributed by atoms with Crippen LogP contribution in [0.5, 0.6) is 0 Å². The van der Waals surface area contributed by atoms with E-state index < -0.39 is 11.2 Å². The summed E-state index contributed by atoms with van der Waals surface area (Å²) < 4.78 is 45.9.